The Morgan fingerprint density at radius 1 is 1.45 bits per heavy atom. The molecule has 0 bridgehead atoms. The smallest absolute Gasteiger partial charge is 0.283 e. The van der Waals surface area contributed by atoms with E-state index in [1.807, 2.05) is 13.0 Å². The van der Waals surface area contributed by atoms with Crippen LogP contribution in [0.5, 0.6) is 0 Å². The molecule has 0 spiro atoms. The first-order valence-electron chi connectivity index (χ1n) is 6.69. The summed E-state index contributed by atoms with van der Waals surface area (Å²) in [7, 11) is 0. The average Bonchev–Trinajstić information content (AvgIpc) is 2.39. The Bertz CT molecular complexity index is 452. The van der Waals surface area contributed by atoms with Crippen molar-refractivity contribution < 1.29 is 9.66 Å². The second-order valence-corrected chi connectivity index (χ2v) is 5.79. The van der Waals surface area contributed by atoms with Gasteiger partial charge in [-0.05, 0) is 40.4 Å². The van der Waals surface area contributed by atoms with E-state index < -0.39 is 0 Å². The predicted molar refractivity (Wildman–Crippen MR) is 82.8 cm³/mol. The maximum Gasteiger partial charge on any atom is 0.283 e. The zero-order chi connectivity index (χ0) is 15.1. The molecule has 0 aromatic heterocycles. The summed E-state index contributed by atoms with van der Waals surface area (Å²) in [4.78, 5) is 10.5. The molecule has 0 fully saturated rings. The van der Waals surface area contributed by atoms with E-state index in [0.29, 0.717) is 30.1 Å². The van der Waals surface area contributed by atoms with Gasteiger partial charge in [0.05, 0.1) is 16.0 Å². The molecule has 1 unspecified atom stereocenters. The number of hydrogen-bond donors (Lipinski definition) is 1. The summed E-state index contributed by atoms with van der Waals surface area (Å²) < 4.78 is 5.95. The molecule has 0 saturated carbocycles. The summed E-state index contributed by atoms with van der Waals surface area (Å²) in [6.07, 6.45) is 0. The second-order valence-electron chi connectivity index (χ2n) is 4.93. The predicted octanol–water partition coefficient (Wildman–Crippen LogP) is 3.51. The highest BCUT2D eigenvalue weighted by molar-refractivity contribution is 9.10. The summed E-state index contributed by atoms with van der Waals surface area (Å²) in [6.45, 7) is 8.14. The molecule has 0 aliphatic carbocycles. The van der Waals surface area contributed by atoms with Crippen molar-refractivity contribution in [3.8, 4) is 0 Å². The molecule has 0 heterocycles. The van der Waals surface area contributed by atoms with E-state index >= 15 is 0 Å². The zero-order valence-electron chi connectivity index (χ0n) is 12.1. The van der Waals surface area contributed by atoms with Crippen LogP contribution in [-0.4, -0.2) is 24.2 Å². The fourth-order valence-corrected chi connectivity index (χ4v) is 2.18. The minimum absolute atomic E-state index is 0.0928. The van der Waals surface area contributed by atoms with E-state index in [1.165, 1.54) is 0 Å². The highest BCUT2D eigenvalue weighted by atomic mass is 79.9. The third-order valence-corrected chi connectivity index (χ3v) is 3.75. The molecule has 0 amide bonds. The lowest BCUT2D eigenvalue weighted by atomic mass is 10.0. The van der Waals surface area contributed by atoms with Gasteiger partial charge < -0.3 is 10.1 Å². The number of nitrogens with zero attached hydrogens (tertiary/aromatic N) is 1. The number of nitro benzene ring substituents is 1. The van der Waals surface area contributed by atoms with Crippen LogP contribution >= 0.6 is 15.9 Å². The number of ether oxygens (including phenoxy) is 1. The van der Waals surface area contributed by atoms with Gasteiger partial charge in [0, 0.05) is 25.3 Å². The van der Waals surface area contributed by atoms with Gasteiger partial charge in [0.25, 0.3) is 5.69 Å². The molecule has 0 radical (unpaired) electrons. The molecule has 1 N–H and O–H groups in total. The Morgan fingerprint density at radius 3 is 2.70 bits per heavy atom. The molecule has 1 aromatic rings. The Labute approximate surface area is 128 Å². The van der Waals surface area contributed by atoms with Crippen LogP contribution in [0, 0.1) is 16.0 Å². The van der Waals surface area contributed by atoms with Gasteiger partial charge in [-0.1, -0.05) is 19.9 Å². The van der Waals surface area contributed by atoms with Gasteiger partial charge >= 0.3 is 0 Å². The van der Waals surface area contributed by atoms with Gasteiger partial charge in [0.1, 0.15) is 0 Å². The van der Waals surface area contributed by atoms with Crippen LogP contribution < -0.4 is 5.32 Å². The largest absolute Gasteiger partial charge is 0.380 e. The Kier molecular flexibility index (Phi) is 7.12. The van der Waals surface area contributed by atoms with E-state index in [2.05, 4.69) is 35.1 Å². The zero-order valence-corrected chi connectivity index (χ0v) is 13.6. The maximum atomic E-state index is 10.9. The van der Waals surface area contributed by atoms with Crippen LogP contribution in [0.25, 0.3) is 0 Å². The summed E-state index contributed by atoms with van der Waals surface area (Å²) in [5.41, 5.74) is 0.984. The highest BCUT2D eigenvalue weighted by Crippen LogP contribution is 2.25. The second kappa shape index (κ2) is 8.34. The molecular formula is C14H21BrN2O3. The van der Waals surface area contributed by atoms with Gasteiger partial charge in [-0.25, -0.2) is 0 Å². The molecule has 1 aromatic carbocycles. The standard InChI is InChI=1S/C14H21BrN2O3/c1-4-20-9-13(10(2)3)16-8-11-5-6-12(15)14(7-11)17(18)19/h5-7,10,13,16H,4,8-9H2,1-3H3. The van der Waals surface area contributed by atoms with Gasteiger partial charge in [0.2, 0.25) is 0 Å². The lowest BCUT2D eigenvalue weighted by Crippen LogP contribution is -2.37. The van der Waals surface area contributed by atoms with Crippen LogP contribution in [0.15, 0.2) is 22.7 Å². The topological polar surface area (TPSA) is 64.4 Å². The Morgan fingerprint density at radius 2 is 2.15 bits per heavy atom. The molecule has 0 saturated heterocycles. The van der Waals surface area contributed by atoms with Gasteiger partial charge in [-0.3, -0.25) is 10.1 Å². The molecule has 20 heavy (non-hydrogen) atoms. The lowest BCUT2D eigenvalue weighted by molar-refractivity contribution is -0.385. The van der Waals surface area contributed by atoms with Crippen molar-refractivity contribution in [3.05, 3.63) is 38.3 Å². The highest BCUT2D eigenvalue weighted by Gasteiger charge is 2.15. The molecular weight excluding hydrogens is 324 g/mol. The van der Waals surface area contributed by atoms with Crippen molar-refractivity contribution in [2.75, 3.05) is 13.2 Å². The fraction of sp³-hybridized carbons (Fsp3) is 0.571. The number of halogens is 1. The quantitative estimate of drug-likeness (QED) is 0.578. The summed E-state index contributed by atoms with van der Waals surface area (Å²) in [5.74, 6) is 0.437. The van der Waals surface area contributed by atoms with Crippen molar-refractivity contribution in [1.82, 2.24) is 5.32 Å². The molecule has 5 nitrogen and oxygen atoms in total. The van der Waals surface area contributed by atoms with Gasteiger partial charge in [-0.2, -0.15) is 0 Å². The third-order valence-electron chi connectivity index (χ3n) is 3.08. The SMILES string of the molecule is CCOCC(NCc1ccc(Br)c([N+](=O)[O-])c1)C(C)C. The normalized spacial score (nSPS) is 12.7. The minimum atomic E-state index is -0.381. The van der Waals surface area contributed by atoms with Crippen molar-refractivity contribution >= 4 is 21.6 Å². The summed E-state index contributed by atoms with van der Waals surface area (Å²) in [5, 5.41) is 14.3. The van der Waals surface area contributed by atoms with Crippen LogP contribution in [0.1, 0.15) is 26.3 Å². The Hall–Kier alpha value is -0.980. The molecule has 0 aliphatic rings. The first kappa shape index (κ1) is 17.1. The van der Waals surface area contributed by atoms with E-state index in [4.69, 9.17) is 4.74 Å². The van der Waals surface area contributed by atoms with Gasteiger partial charge in [0.15, 0.2) is 0 Å². The average molecular weight is 345 g/mol. The third kappa shape index (κ3) is 5.19. The van der Waals surface area contributed by atoms with Crippen LogP contribution in [0.4, 0.5) is 5.69 Å². The molecule has 1 atom stereocenters. The van der Waals surface area contributed by atoms with Crippen molar-refractivity contribution in [2.45, 2.75) is 33.4 Å². The number of nitro groups is 1. The van der Waals surface area contributed by atoms with Crippen LogP contribution in [-0.2, 0) is 11.3 Å². The number of rotatable bonds is 8. The summed E-state index contributed by atoms with van der Waals surface area (Å²) >= 11 is 3.19. The number of benzene rings is 1. The molecule has 112 valence electrons. The summed E-state index contributed by atoms with van der Waals surface area (Å²) in [6, 6.07) is 5.41. The van der Waals surface area contributed by atoms with E-state index in [0.717, 1.165) is 5.56 Å². The van der Waals surface area contributed by atoms with Crippen molar-refractivity contribution in [2.24, 2.45) is 5.92 Å². The van der Waals surface area contributed by atoms with Gasteiger partial charge in [-0.15, -0.1) is 0 Å². The van der Waals surface area contributed by atoms with Crippen LogP contribution in [0.3, 0.4) is 0 Å². The number of nitrogens with one attached hydrogen (secondary N) is 1. The maximum absolute atomic E-state index is 10.9. The fourth-order valence-electron chi connectivity index (χ4n) is 1.79. The molecule has 0 aliphatic heterocycles. The first-order chi connectivity index (χ1) is 9.45. The monoisotopic (exact) mass is 344 g/mol. The first-order valence-corrected chi connectivity index (χ1v) is 7.49. The minimum Gasteiger partial charge on any atom is -0.380 e. The van der Waals surface area contributed by atoms with E-state index in [-0.39, 0.29) is 16.7 Å². The molecule has 6 heteroatoms. The van der Waals surface area contributed by atoms with Crippen molar-refractivity contribution in [3.63, 3.8) is 0 Å². The molecule has 1 rings (SSSR count). The van der Waals surface area contributed by atoms with Crippen LogP contribution in [0.2, 0.25) is 0 Å². The van der Waals surface area contributed by atoms with E-state index in [9.17, 15) is 10.1 Å². The lowest BCUT2D eigenvalue weighted by Gasteiger charge is -2.22. The number of hydrogen-bond acceptors (Lipinski definition) is 4. The van der Waals surface area contributed by atoms with Crippen molar-refractivity contribution in [1.29, 1.82) is 0 Å². The Balaban J connectivity index is 2.68. The van der Waals surface area contributed by atoms with E-state index in [1.54, 1.807) is 12.1 Å².